The van der Waals surface area contributed by atoms with Crippen molar-refractivity contribution in [2.75, 3.05) is 23.3 Å². The molecule has 1 saturated heterocycles. The number of anilines is 2. The number of nitrogens with zero attached hydrogens (tertiary/aromatic N) is 1. The Balaban J connectivity index is 1.66. The molecule has 2 aromatic carbocycles. The van der Waals surface area contributed by atoms with Crippen molar-refractivity contribution in [3.8, 4) is 0 Å². The molecule has 1 fully saturated rings. The van der Waals surface area contributed by atoms with Crippen LogP contribution in [0.4, 0.5) is 11.4 Å². The first kappa shape index (κ1) is 16.8. The molecule has 0 bridgehead atoms. The number of piperidine rings is 1. The van der Waals surface area contributed by atoms with Crippen LogP contribution in [-0.4, -0.2) is 13.1 Å². The first-order chi connectivity index (χ1) is 11.1. The fraction of sp³-hybridized carbons (Fsp3) is 0.333. The monoisotopic (exact) mass is 368 g/mol. The van der Waals surface area contributed by atoms with Gasteiger partial charge in [0, 0.05) is 25.3 Å². The normalized spacial score (nSPS) is 14.8. The highest BCUT2D eigenvalue weighted by Gasteiger charge is 2.14. The molecule has 0 aliphatic carbocycles. The van der Waals surface area contributed by atoms with E-state index in [1.165, 1.54) is 19.3 Å². The van der Waals surface area contributed by atoms with Gasteiger partial charge < -0.3 is 10.2 Å². The molecule has 2 nitrogen and oxygen atoms in total. The lowest BCUT2D eigenvalue weighted by Crippen LogP contribution is -2.29. The Morgan fingerprint density at radius 2 is 1.61 bits per heavy atom. The lowest BCUT2D eigenvalue weighted by Gasteiger charge is -2.29. The smallest absolute Gasteiger partial charge is 0.0660 e. The van der Waals surface area contributed by atoms with Crippen molar-refractivity contribution in [3.05, 3.63) is 57.0 Å². The van der Waals surface area contributed by atoms with Gasteiger partial charge in [-0.15, -0.1) is 0 Å². The molecule has 0 atom stereocenters. The molecule has 1 aliphatic rings. The topological polar surface area (TPSA) is 15.3 Å². The minimum Gasteiger partial charge on any atom is -0.381 e. The Bertz CT molecular complexity index is 682. The summed E-state index contributed by atoms with van der Waals surface area (Å²) in [5.74, 6) is 0. The zero-order chi connectivity index (χ0) is 16.2. The van der Waals surface area contributed by atoms with Crippen LogP contribution in [0.2, 0.25) is 15.1 Å². The Morgan fingerprint density at radius 1 is 0.826 bits per heavy atom. The van der Waals surface area contributed by atoms with Crippen LogP contribution in [0.3, 0.4) is 0 Å². The first-order valence-electron chi connectivity index (χ1n) is 7.86. The third-order valence-electron chi connectivity index (χ3n) is 4.13. The molecule has 1 N–H and O–H groups in total. The Kier molecular flexibility index (Phi) is 5.58. The van der Waals surface area contributed by atoms with Crippen molar-refractivity contribution in [2.45, 2.75) is 25.8 Å². The van der Waals surface area contributed by atoms with Crippen molar-refractivity contribution in [1.82, 2.24) is 0 Å². The largest absolute Gasteiger partial charge is 0.381 e. The average Bonchev–Trinajstić information content (AvgIpc) is 2.57. The predicted octanol–water partition coefficient (Wildman–Crippen LogP) is 6.25. The third kappa shape index (κ3) is 4.26. The van der Waals surface area contributed by atoms with E-state index < -0.39 is 0 Å². The number of rotatable bonds is 4. The second-order valence-corrected chi connectivity index (χ2v) is 7.04. The van der Waals surface area contributed by atoms with Gasteiger partial charge >= 0.3 is 0 Å². The van der Waals surface area contributed by atoms with Crippen LogP contribution in [-0.2, 0) is 6.54 Å². The minimum absolute atomic E-state index is 0.573. The van der Waals surface area contributed by atoms with Gasteiger partial charge in [-0.1, -0.05) is 40.9 Å². The summed E-state index contributed by atoms with van der Waals surface area (Å²) in [5.41, 5.74) is 3.21. The maximum absolute atomic E-state index is 6.47. The minimum atomic E-state index is 0.573. The summed E-state index contributed by atoms with van der Waals surface area (Å²) in [6.45, 7) is 2.86. The Morgan fingerprint density at radius 3 is 2.30 bits per heavy atom. The first-order valence-corrected chi connectivity index (χ1v) is 8.99. The van der Waals surface area contributed by atoms with Gasteiger partial charge in [-0.25, -0.2) is 0 Å². The third-order valence-corrected chi connectivity index (χ3v) is 5.17. The fourth-order valence-electron chi connectivity index (χ4n) is 2.86. The Hall–Kier alpha value is -1.09. The molecule has 0 aromatic heterocycles. The molecular weight excluding hydrogens is 351 g/mol. The molecular formula is C18H19Cl3N2. The van der Waals surface area contributed by atoms with Crippen molar-refractivity contribution in [3.63, 3.8) is 0 Å². The summed E-state index contributed by atoms with van der Waals surface area (Å²) in [5, 5.41) is 5.32. The Labute approximate surface area is 152 Å². The van der Waals surface area contributed by atoms with E-state index in [-0.39, 0.29) is 0 Å². The lowest BCUT2D eigenvalue weighted by molar-refractivity contribution is 0.578. The van der Waals surface area contributed by atoms with Crippen LogP contribution >= 0.6 is 34.8 Å². The zero-order valence-electron chi connectivity index (χ0n) is 12.8. The molecule has 0 spiro atoms. The summed E-state index contributed by atoms with van der Waals surface area (Å²) >= 11 is 18.4. The van der Waals surface area contributed by atoms with Gasteiger partial charge in [0.1, 0.15) is 0 Å². The van der Waals surface area contributed by atoms with Crippen LogP contribution < -0.4 is 10.2 Å². The fourth-order valence-corrected chi connectivity index (χ4v) is 3.48. The maximum Gasteiger partial charge on any atom is 0.0660 e. The van der Waals surface area contributed by atoms with E-state index in [0.717, 1.165) is 35.1 Å². The molecule has 23 heavy (non-hydrogen) atoms. The molecule has 2 aromatic rings. The van der Waals surface area contributed by atoms with Crippen molar-refractivity contribution >= 4 is 46.2 Å². The maximum atomic E-state index is 6.47. The second kappa shape index (κ2) is 7.65. The summed E-state index contributed by atoms with van der Waals surface area (Å²) in [6.07, 6.45) is 3.80. The van der Waals surface area contributed by atoms with E-state index >= 15 is 0 Å². The molecule has 1 heterocycles. The van der Waals surface area contributed by atoms with E-state index in [2.05, 4.69) is 22.3 Å². The lowest BCUT2D eigenvalue weighted by atomic mass is 10.1. The molecule has 5 heteroatoms. The summed E-state index contributed by atoms with van der Waals surface area (Å²) in [4.78, 5) is 2.37. The number of nitrogens with one attached hydrogen (secondary N) is 1. The van der Waals surface area contributed by atoms with Crippen LogP contribution in [0.1, 0.15) is 24.8 Å². The molecule has 0 unspecified atom stereocenters. The van der Waals surface area contributed by atoms with E-state index in [4.69, 9.17) is 34.8 Å². The van der Waals surface area contributed by atoms with E-state index in [0.29, 0.717) is 16.6 Å². The molecule has 0 radical (unpaired) electrons. The number of benzene rings is 2. The van der Waals surface area contributed by atoms with Gasteiger partial charge in [-0.3, -0.25) is 0 Å². The number of hydrogen-bond acceptors (Lipinski definition) is 2. The average molecular weight is 370 g/mol. The van der Waals surface area contributed by atoms with Crippen molar-refractivity contribution in [2.24, 2.45) is 0 Å². The SMILES string of the molecule is Clc1ccc(CNc2ccc(N3CCCCC3)c(Cl)c2)cc1Cl. The molecule has 3 rings (SSSR count). The zero-order valence-corrected chi connectivity index (χ0v) is 15.1. The van der Waals surface area contributed by atoms with Crippen LogP contribution in [0.15, 0.2) is 36.4 Å². The van der Waals surface area contributed by atoms with Gasteiger partial charge in [0.05, 0.1) is 20.8 Å². The van der Waals surface area contributed by atoms with Crippen LogP contribution in [0.25, 0.3) is 0 Å². The molecule has 122 valence electrons. The number of hydrogen-bond donors (Lipinski definition) is 1. The van der Waals surface area contributed by atoms with Gasteiger partial charge in [0.2, 0.25) is 0 Å². The highest BCUT2D eigenvalue weighted by Crippen LogP contribution is 2.31. The molecule has 0 saturated carbocycles. The standard InChI is InChI=1S/C18H19Cl3N2/c19-15-6-4-13(10-16(15)20)12-22-14-5-7-18(17(21)11-14)23-8-2-1-3-9-23/h4-7,10-11,22H,1-3,8-9,12H2. The summed E-state index contributed by atoms with van der Waals surface area (Å²) < 4.78 is 0. The number of halogens is 3. The van der Waals surface area contributed by atoms with Crippen molar-refractivity contribution in [1.29, 1.82) is 0 Å². The van der Waals surface area contributed by atoms with Crippen LogP contribution in [0, 0.1) is 0 Å². The van der Waals surface area contributed by atoms with Gasteiger partial charge in [0.25, 0.3) is 0 Å². The molecule has 1 aliphatic heterocycles. The summed E-state index contributed by atoms with van der Waals surface area (Å²) in [7, 11) is 0. The van der Waals surface area contributed by atoms with E-state index in [1.54, 1.807) is 0 Å². The predicted molar refractivity (Wildman–Crippen MR) is 101 cm³/mol. The van der Waals surface area contributed by atoms with Gasteiger partial charge in [-0.05, 0) is 55.2 Å². The van der Waals surface area contributed by atoms with E-state index in [9.17, 15) is 0 Å². The summed E-state index contributed by atoms with van der Waals surface area (Å²) in [6, 6.07) is 11.8. The van der Waals surface area contributed by atoms with Gasteiger partial charge in [0.15, 0.2) is 0 Å². The highest BCUT2D eigenvalue weighted by molar-refractivity contribution is 6.42. The second-order valence-electron chi connectivity index (χ2n) is 5.82. The van der Waals surface area contributed by atoms with Crippen LogP contribution in [0.5, 0.6) is 0 Å². The van der Waals surface area contributed by atoms with Crippen molar-refractivity contribution < 1.29 is 0 Å². The van der Waals surface area contributed by atoms with Gasteiger partial charge in [-0.2, -0.15) is 0 Å². The molecule has 0 amide bonds. The highest BCUT2D eigenvalue weighted by atomic mass is 35.5. The van der Waals surface area contributed by atoms with E-state index in [1.807, 2.05) is 24.3 Å². The quantitative estimate of drug-likeness (QED) is 0.685.